The maximum atomic E-state index is 2.34. The van der Waals surface area contributed by atoms with Gasteiger partial charge in [0, 0.05) is 23.3 Å². The number of pyridine rings is 1. The molecule has 0 bridgehead atoms. The standard InChI is InChI=1S/C24H25N2/c1-17(2)21-11-7-8-12-22(21)26-14-13-18(3)24(26)23-15-19-9-5-6-10-20(19)16-25(23)4/h5-17H,1-4H3/q+1. The molecule has 2 nitrogen and oxygen atoms in total. The van der Waals surface area contributed by atoms with Crippen LogP contribution in [-0.4, -0.2) is 4.57 Å². The number of aryl methyl sites for hydroxylation is 2. The van der Waals surface area contributed by atoms with E-state index in [9.17, 15) is 0 Å². The van der Waals surface area contributed by atoms with Crippen LogP contribution in [0.15, 0.2) is 73.1 Å². The molecule has 0 saturated heterocycles. The molecule has 0 atom stereocenters. The summed E-state index contributed by atoms with van der Waals surface area (Å²) in [4.78, 5) is 0. The Morgan fingerprint density at radius 2 is 1.58 bits per heavy atom. The zero-order chi connectivity index (χ0) is 18.3. The molecule has 4 aromatic rings. The summed E-state index contributed by atoms with van der Waals surface area (Å²) in [6, 6.07) is 21.8. The smallest absolute Gasteiger partial charge is 0.230 e. The average molecular weight is 341 g/mol. The number of hydrogen-bond donors (Lipinski definition) is 0. The molecule has 2 heterocycles. The molecule has 26 heavy (non-hydrogen) atoms. The highest BCUT2D eigenvalue weighted by molar-refractivity contribution is 5.84. The molecular formula is C24H25N2+. The molecule has 0 aliphatic carbocycles. The van der Waals surface area contributed by atoms with Crippen LogP contribution in [0.25, 0.3) is 27.8 Å². The van der Waals surface area contributed by atoms with Gasteiger partial charge in [-0.15, -0.1) is 0 Å². The first kappa shape index (κ1) is 16.6. The van der Waals surface area contributed by atoms with Crippen LogP contribution in [0.2, 0.25) is 0 Å². The first-order chi connectivity index (χ1) is 12.6. The average Bonchev–Trinajstić information content (AvgIpc) is 3.02. The number of rotatable bonds is 3. The minimum absolute atomic E-state index is 0.479. The maximum Gasteiger partial charge on any atom is 0.230 e. The van der Waals surface area contributed by atoms with Gasteiger partial charge in [0.25, 0.3) is 0 Å². The number of fused-ring (bicyclic) bond motifs is 1. The van der Waals surface area contributed by atoms with Crippen molar-refractivity contribution in [3.8, 4) is 17.1 Å². The van der Waals surface area contributed by atoms with Crippen molar-refractivity contribution < 1.29 is 4.57 Å². The van der Waals surface area contributed by atoms with Crippen LogP contribution >= 0.6 is 0 Å². The largest absolute Gasteiger partial charge is 0.311 e. The molecule has 130 valence electrons. The predicted octanol–water partition coefficient (Wildman–Crippen LogP) is 5.55. The summed E-state index contributed by atoms with van der Waals surface area (Å²) in [5, 5.41) is 2.53. The zero-order valence-electron chi connectivity index (χ0n) is 15.9. The molecule has 0 aliphatic rings. The second-order valence-corrected chi connectivity index (χ2v) is 7.33. The molecule has 0 spiro atoms. The highest BCUT2D eigenvalue weighted by atomic mass is 15.0. The molecule has 0 aliphatic heterocycles. The first-order valence-electron chi connectivity index (χ1n) is 9.22. The summed E-state index contributed by atoms with van der Waals surface area (Å²) in [5.74, 6) is 0.479. The Bertz CT molecular complexity index is 1090. The van der Waals surface area contributed by atoms with Crippen molar-refractivity contribution in [1.29, 1.82) is 0 Å². The summed E-state index contributed by atoms with van der Waals surface area (Å²) in [6.07, 6.45) is 4.41. The van der Waals surface area contributed by atoms with Crippen molar-refractivity contribution in [2.75, 3.05) is 0 Å². The summed E-state index contributed by atoms with van der Waals surface area (Å²) in [7, 11) is 2.13. The van der Waals surface area contributed by atoms with E-state index in [1.54, 1.807) is 0 Å². The van der Waals surface area contributed by atoms with Gasteiger partial charge in [-0.05, 0) is 47.6 Å². The van der Waals surface area contributed by atoms with Crippen molar-refractivity contribution in [3.05, 3.63) is 84.2 Å². The van der Waals surface area contributed by atoms with E-state index in [2.05, 4.69) is 110 Å². The normalized spacial score (nSPS) is 11.4. The molecule has 0 radical (unpaired) electrons. The van der Waals surface area contributed by atoms with E-state index in [1.165, 1.54) is 39.0 Å². The lowest BCUT2D eigenvalue weighted by Gasteiger charge is -2.16. The van der Waals surface area contributed by atoms with E-state index in [0.29, 0.717) is 5.92 Å². The van der Waals surface area contributed by atoms with Crippen LogP contribution in [-0.2, 0) is 7.05 Å². The van der Waals surface area contributed by atoms with Crippen LogP contribution in [0.3, 0.4) is 0 Å². The van der Waals surface area contributed by atoms with Gasteiger partial charge in [-0.1, -0.05) is 50.2 Å². The van der Waals surface area contributed by atoms with Crippen LogP contribution in [0.5, 0.6) is 0 Å². The topological polar surface area (TPSA) is 8.81 Å². The number of aromatic nitrogens is 2. The number of nitrogens with zero attached hydrogens (tertiary/aromatic N) is 2. The lowest BCUT2D eigenvalue weighted by molar-refractivity contribution is -0.659. The molecule has 2 aromatic carbocycles. The van der Waals surface area contributed by atoms with Crippen molar-refractivity contribution in [2.24, 2.45) is 7.05 Å². The molecule has 0 fully saturated rings. The van der Waals surface area contributed by atoms with Crippen LogP contribution < -0.4 is 4.57 Å². The molecular weight excluding hydrogens is 316 g/mol. The lowest BCUT2D eigenvalue weighted by Crippen LogP contribution is -2.31. The summed E-state index contributed by atoms with van der Waals surface area (Å²) < 4.78 is 4.58. The number of hydrogen-bond acceptors (Lipinski definition) is 0. The Hall–Kier alpha value is -2.87. The predicted molar refractivity (Wildman–Crippen MR) is 109 cm³/mol. The minimum Gasteiger partial charge on any atom is -0.311 e. The highest BCUT2D eigenvalue weighted by Gasteiger charge is 2.20. The van der Waals surface area contributed by atoms with Crippen LogP contribution in [0.4, 0.5) is 0 Å². The van der Waals surface area contributed by atoms with Gasteiger partial charge in [-0.2, -0.15) is 4.57 Å². The summed E-state index contributed by atoms with van der Waals surface area (Å²) in [5.41, 5.74) is 6.40. The van der Waals surface area contributed by atoms with Gasteiger partial charge in [0.1, 0.15) is 12.7 Å². The fourth-order valence-corrected chi connectivity index (χ4v) is 3.77. The highest BCUT2D eigenvalue weighted by Crippen LogP contribution is 2.31. The fraction of sp³-hybridized carbons (Fsp3) is 0.208. The van der Waals surface area contributed by atoms with Gasteiger partial charge >= 0.3 is 0 Å². The van der Waals surface area contributed by atoms with Crippen LogP contribution in [0, 0.1) is 6.92 Å². The molecule has 0 unspecified atom stereocenters. The van der Waals surface area contributed by atoms with E-state index in [1.807, 2.05) is 0 Å². The van der Waals surface area contributed by atoms with Gasteiger partial charge in [-0.25, -0.2) is 0 Å². The molecule has 2 aromatic heterocycles. The van der Waals surface area contributed by atoms with E-state index >= 15 is 0 Å². The summed E-state index contributed by atoms with van der Waals surface area (Å²) in [6.45, 7) is 6.70. The number of para-hydroxylation sites is 1. The van der Waals surface area contributed by atoms with Crippen molar-refractivity contribution >= 4 is 10.8 Å². The molecule has 0 amide bonds. The monoisotopic (exact) mass is 341 g/mol. The van der Waals surface area contributed by atoms with Gasteiger partial charge in [-0.3, -0.25) is 0 Å². The van der Waals surface area contributed by atoms with Gasteiger partial charge < -0.3 is 4.57 Å². The van der Waals surface area contributed by atoms with Crippen molar-refractivity contribution in [3.63, 3.8) is 0 Å². The van der Waals surface area contributed by atoms with E-state index in [4.69, 9.17) is 0 Å². The molecule has 4 rings (SSSR count). The van der Waals surface area contributed by atoms with Gasteiger partial charge in [0.15, 0.2) is 6.20 Å². The van der Waals surface area contributed by atoms with Gasteiger partial charge in [0.2, 0.25) is 5.69 Å². The van der Waals surface area contributed by atoms with Gasteiger partial charge in [0.05, 0.1) is 0 Å². The van der Waals surface area contributed by atoms with E-state index in [-0.39, 0.29) is 0 Å². The third kappa shape index (κ3) is 2.72. The fourth-order valence-electron chi connectivity index (χ4n) is 3.77. The van der Waals surface area contributed by atoms with E-state index < -0.39 is 0 Å². The lowest BCUT2D eigenvalue weighted by atomic mass is 10.0. The molecule has 2 heteroatoms. The maximum absolute atomic E-state index is 2.34. The Labute approximate surface area is 155 Å². The number of benzene rings is 2. The van der Waals surface area contributed by atoms with Crippen LogP contribution in [0.1, 0.15) is 30.9 Å². The quantitative estimate of drug-likeness (QED) is 0.432. The Morgan fingerprint density at radius 1 is 0.885 bits per heavy atom. The van der Waals surface area contributed by atoms with Crippen molar-refractivity contribution in [2.45, 2.75) is 26.7 Å². The van der Waals surface area contributed by atoms with Crippen molar-refractivity contribution in [1.82, 2.24) is 4.57 Å². The third-order valence-electron chi connectivity index (χ3n) is 5.15. The zero-order valence-corrected chi connectivity index (χ0v) is 15.9. The second kappa shape index (κ2) is 6.45. The first-order valence-corrected chi connectivity index (χ1v) is 9.22. The molecule has 0 N–H and O–H groups in total. The minimum atomic E-state index is 0.479. The Balaban J connectivity index is 1.98. The van der Waals surface area contributed by atoms with E-state index in [0.717, 1.165) is 0 Å². The third-order valence-corrected chi connectivity index (χ3v) is 5.15. The second-order valence-electron chi connectivity index (χ2n) is 7.33. The molecule has 0 saturated carbocycles. The SMILES string of the molecule is Cc1ccn(-c2ccccc2C(C)C)c1-c1cc2ccccc2c[n+]1C. The summed E-state index contributed by atoms with van der Waals surface area (Å²) >= 11 is 0. The Kier molecular flexibility index (Phi) is 4.12. The Morgan fingerprint density at radius 3 is 2.35 bits per heavy atom.